The highest BCUT2D eigenvalue weighted by atomic mass is 15.3. The predicted molar refractivity (Wildman–Crippen MR) is 53.3 cm³/mol. The second-order valence-corrected chi connectivity index (χ2v) is 3.07. The lowest BCUT2D eigenvalue weighted by atomic mass is 10.4. The lowest BCUT2D eigenvalue weighted by molar-refractivity contribution is 0.768. The van der Waals surface area contributed by atoms with Crippen molar-refractivity contribution in [3.8, 4) is 0 Å². The van der Waals surface area contributed by atoms with Gasteiger partial charge in [-0.05, 0) is 6.92 Å². The molecule has 2 rings (SSSR count). The molecule has 72 valence electrons. The highest BCUT2D eigenvalue weighted by Gasteiger charge is 1.98. The molecule has 1 N–H and O–H groups in total. The van der Waals surface area contributed by atoms with Crippen molar-refractivity contribution in [1.82, 2.24) is 19.7 Å². The third-order valence-electron chi connectivity index (χ3n) is 1.78. The molecular formula is C9H11N5. The van der Waals surface area contributed by atoms with Crippen LogP contribution < -0.4 is 5.32 Å². The fraction of sp³-hybridized carbons (Fsp3) is 0.222. The van der Waals surface area contributed by atoms with Gasteiger partial charge in [-0.3, -0.25) is 4.68 Å². The van der Waals surface area contributed by atoms with Crippen LogP contribution in [0.5, 0.6) is 0 Å². The number of anilines is 2. The Morgan fingerprint density at radius 1 is 1.36 bits per heavy atom. The smallest absolute Gasteiger partial charge is 0.134 e. The first-order valence-corrected chi connectivity index (χ1v) is 4.28. The zero-order chi connectivity index (χ0) is 9.97. The first-order chi connectivity index (χ1) is 6.74. The number of hydrogen-bond acceptors (Lipinski definition) is 4. The zero-order valence-electron chi connectivity index (χ0n) is 8.10. The van der Waals surface area contributed by atoms with Gasteiger partial charge in [0.15, 0.2) is 0 Å². The SMILES string of the molecule is Cc1cc(Nc2cnn(C)c2)ncn1. The molecule has 0 atom stereocenters. The van der Waals surface area contributed by atoms with Crippen molar-refractivity contribution in [2.24, 2.45) is 7.05 Å². The van der Waals surface area contributed by atoms with E-state index in [0.717, 1.165) is 17.2 Å². The first-order valence-electron chi connectivity index (χ1n) is 4.28. The summed E-state index contributed by atoms with van der Waals surface area (Å²) in [6.45, 7) is 1.93. The number of nitrogens with zero attached hydrogens (tertiary/aromatic N) is 4. The highest BCUT2D eigenvalue weighted by Crippen LogP contribution is 2.12. The van der Waals surface area contributed by atoms with Gasteiger partial charge in [-0.1, -0.05) is 0 Å². The van der Waals surface area contributed by atoms with Gasteiger partial charge >= 0.3 is 0 Å². The second kappa shape index (κ2) is 3.45. The van der Waals surface area contributed by atoms with Gasteiger partial charge in [0, 0.05) is 25.0 Å². The van der Waals surface area contributed by atoms with Gasteiger partial charge < -0.3 is 5.32 Å². The number of aromatic nitrogens is 4. The average Bonchev–Trinajstić information content (AvgIpc) is 2.51. The molecule has 0 aromatic carbocycles. The number of hydrogen-bond donors (Lipinski definition) is 1. The van der Waals surface area contributed by atoms with Crippen molar-refractivity contribution in [3.05, 3.63) is 30.5 Å². The van der Waals surface area contributed by atoms with Crippen LogP contribution in [0.25, 0.3) is 0 Å². The van der Waals surface area contributed by atoms with Crippen molar-refractivity contribution >= 4 is 11.5 Å². The topological polar surface area (TPSA) is 55.6 Å². The summed E-state index contributed by atoms with van der Waals surface area (Å²) in [5.41, 5.74) is 1.86. The summed E-state index contributed by atoms with van der Waals surface area (Å²) in [7, 11) is 1.87. The lowest BCUT2D eigenvalue weighted by Crippen LogP contribution is -1.94. The summed E-state index contributed by atoms with van der Waals surface area (Å²) < 4.78 is 1.73. The fourth-order valence-corrected chi connectivity index (χ4v) is 1.16. The standard InChI is InChI=1S/C9H11N5/c1-7-3-9(11-6-10-7)13-8-4-12-14(2)5-8/h3-6H,1-2H3,(H,10,11,13). The molecule has 2 heterocycles. The van der Waals surface area contributed by atoms with Gasteiger partial charge in [-0.25, -0.2) is 9.97 Å². The van der Waals surface area contributed by atoms with Crippen LogP contribution in [0.1, 0.15) is 5.69 Å². The van der Waals surface area contributed by atoms with Gasteiger partial charge in [0.25, 0.3) is 0 Å². The van der Waals surface area contributed by atoms with Crippen molar-refractivity contribution in [3.63, 3.8) is 0 Å². The normalized spacial score (nSPS) is 10.1. The van der Waals surface area contributed by atoms with E-state index in [4.69, 9.17) is 0 Å². The molecule has 0 saturated heterocycles. The van der Waals surface area contributed by atoms with E-state index in [9.17, 15) is 0 Å². The molecule has 0 unspecified atom stereocenters. The molecule has 5 nitrogen and oxygen atoms in total. The van der Waals surface area contributed by atoms with Crippen LogP contribution in [-0.2, 0) is 7.05 Å². The van der Waals surface area contributed by atoms with Crippen LogP contribution in [0, 0.1) is 6.92 Å². The maximum Gasteiger partial charge on any atom is 0.134 e. The average molecular weight is 189 g/mol. The van der Waals surface area contributed by atoms with Crippen LogP contribution in [-0.4, -0.2) is 19.7 Å². The Hall–Kier alpha value is -1.91. The third kappa shape index (κ3) is 1.87. The minimum Gasteiger partial charge on any atom is -0.338 e. The van der Waals surface area contributed by atoms with E-state index in [-0.39, 0.29) is 0 Å². The van der Waals surface area contributed by atoms with Crippen LogP contribution in [0.15, 0.2) is 24.8 Å². The fourth-order valence-electron chi connectivity index (χ4n) is 1.16. The van der Waals surface area contributed by atoms with E-state index >= 15 is 0 Å². The van der Waals surface area contributed by atoms with E-state index in [1.807, 2.05) is 26.2 Å². The van der Waals surface area contributed by atoms with Gasteiger partial charge in [-0.15, -0.1) is 0 Å². The molecule has 0 aliphatic carbocycles. The summed E-state index contributed by atoms with van der Waals surface area (Å²) in [6.07, 6.45) is 5.17. The van der Waals surface area contributed by atoms with E-state index in [1.54, 1.807) is 10.9 Å². The maximum absolute atomic E-state index is 4.08. The van der Waals surface area contributed by atoms with E-state index in [2.05, 4.69) is 20.4 Å². The third-order valence-corrected chi connectivity index (χ3v) is 1.78. The Kier molecular flexibility index (Phi) is 2.14. The highest BCUT2D eigenvalue weighted by molar-refractivity contribution is 5.53. The maximum atomic E-state index is 4.08. The summed E-state index contributed by atoms with van der Waals surface area (Å²) in [4.78, 5) is 8.10. The van der Waals surface area contributed by atoms with Crippen LogP contribution in [0.3, 0.4) is 0 Å². The number of aryl methyl sites for hydroxylation is 2. The Bertz CT molecular complexity index is 434. The minimum absolute atomic E-state index is 0.783. The van der Waals surface area contributed by atoms with Crippen LogP contribution >= 0.6 is 0 Å². The molecule has 14 heavy (non-hydrogen) atoms. The predicted octanol–water partition coefficient (Wildman–Crippen LogP) is 1.26. The summed E-state index contributed by atoms with van der Waals surface area (Å²) >= 11 is 0. The van der Waals surface area contributed by atoms with Gasteiger partial charge in [0.2, 0.25) is 0 Å². The van der Waals surface area contributed by atoms with Crippen molar-refractivity contribution in [1.29, 1.82) is 0 Å². The molecule has 2 aromatic rings. The quantitative estimate of drug-likeness (QED) is 0.772. The zero-order valence-corrected chi connectivity index (χ0v) is 8.10. The Labute approximate surface area is 81.8 Å². The largest absolute Gasteiger partial charge is 0.338 e. The van der Waals surface area contributed by atoms with Crippen molar-refractivity contribution < 1.29 is 0 Å². The van der Waals surface area contributed by atoms with E-state index in [1.165, 1.54) is 6.33 Å². The van der Waals surface area contributed by atoms with E-state index < -0.39 is 0 Å². The van der Waals surface area contributed by atoms with Gasteiger partial charge in [0.05, 0.1) is 11.9 Å². The molecule has 0 saturated carbocycles. The van der Waals surface area contributed by atoms with Gasteiger partial charge in [0.1, 0.15) is 12.1 Å². The molecule has 0 spiro atoms. The molecule has 2 aromatic heterocycles. The summed E-state index contributed by atoms with van der Waals surface area (Å²) in [6, 6.07) is 1.88. The first kappa shape index (κ1) is 8.68. The molecular weight excluding hydrogens is 178 g/mol. The Balaban J connectivity index is 2.18. The monoisotopic (exact) mass is 189 g/mol. The molecule has 0 radical (unpaired) electrons. The molecule has 0 aliphatic heterocycles. The lowest BCUT2D eigenvalue weighted by Gasteiger charge is -2.01. The Morgan fingerprint density at radius 3 is 2.86 bits per heavy atom. The molecule has 0 amide bonds. The molecule has 0 aliphatic rings. The van der Waals surface area contributed by atoms with Crippen LogP contribution in [0.4, 0.5) is 11.5 Å². The minimum atomic E-state index is 0.783. The number of rotatable bonds is 2. The molecule has 0 bridgehead atoms. The second-order valence-electron chi connectivity index (χ2n) is 3.07. The van der Waals surface area contributed by atoms with Gasteiger partial charge in [-0.2, -0.15) is 5.10 Å². The molecule has 0 fully saturated rings. The summed E-state index contributed by atoms with van der Waals surface area (Å²) in [5.74, 6) is 0.783. The number of nitrogens with one attached hydrogen (secondary N) is 1. The summed E-state index contributed by atoms with van der Waals surface area (Å²) in [5, 5.41) is 7.18. The van der Waals surface area contributed by atoms with Crippen LogP contribution in [0.2, 0.25) is 0 Å². The van der Waals surface area contributed by atoms with Crippen molar-refractivity contribution in [2.45, 2.75) is 6.92 Å². The Morgan fingerprint density at radius 2 is 2.21 bits per heavy atom. The van der Waals surface area contributed by atoms with E-state index in [0.29, 0.717) is 0 Å². The molecule has 5 heteroatoms. The van der Waals surface area contributed by atoms with Crippen molar-refractivity contribution in [2.75, 3.05) is 5.32 Å².